The molecule has 6 heteroatoms. The van der Waals surface area contributed by atoms with Crippen molar-refractivity contribution >= 4 is 13.8 Å². The fraction of sp³-hybridized carbons (Fsp3) is 0.562. The summed E-state index contributed by atoms with van der Waals surface area (Å²) in [6.45, 7) is 1.90. The number of carbonyl (C=O) groups excluding carboxylic acids is 1. The van der Waals surface area contributed by atoms with Crippen LogP contribution in [0.2, 0.25) is 0 Å². The molecule has 1 heterocycles. The minimum absolute atomic E-state index is 0.114. The van der Waals surface area contributed by atoms with Crippen LogP contribution in [0, 0.1) is 11.8 Å². The number of halogens is 2. The van der Waals surface area contributed by atoms with Crippen LogP contribution in [0.15, 0.2) is 30.3 Å². The van der Waals surface area contributed by atoms with E-state index in [1.54, 1.807) is 14.8 Å². The average molecular weight is 308 g/mol. The van der Waals surface area contributed by atoms with Crippen molar-refractivity contribution in [3.8, 4) is 0 Å². The van der Waals surface area contributed by atoms with Crippen LogP contribution in [0.3, 0.4) is 0 Å². The third kappa shape index (κ3) is 2.53. The summed E-state index contributed by atoms with van der Waals surface area (Å²) in [5.41, 5.74) is -0.210. The van der Waals surface area contributed by atoms with Gasteiger partial charge < -0.3 is 9.47 Å². The summed E-state index contributed by atoms with van der Waals surface area (Å²) in [4.78, 5) is 12.1. The van der Waals surface area contributed by atoms with Crippen molar-refractivity contribution in [2.75, 3.05) is 0 Å². The monoisotopic (exact) mass is 308 g/mol. The Morgan fingerprint density at radius 3 is 2.68 bits per heavy atom. The standard InChI is InChI=1S/C16H19BF2O3/c1-10-13-14(17)22-15(10,9-16(13,18)19)7-12(20)21-8-11-5-3-2-4-6-11/h2-6,10,13-14H,7-9,17H2,1H3/t10?,13-,14+,15-/m0/s1. The third-order valence-corrected chi connectivity index (χ3v) is 5.00. The molecule has 118 valence electrons. The highest BCUT2D eigenvalue weighted by molar-refractivity contribution is 6.11. The van der Waals surface area contributed by atoms with Gasteiger partial charge >= 0.3 is 5.97 Å². The number of ether oxygens (including phenoxy) is 2. The van der Waals surface area contributed by atoms with E-state index in [2.05, 4.69) is 0 Å². The van der Waals surface area contributed by atoms with Crippen LogP contribution in [0.25, 0.3) is 0 Å². The van der Waals surface area contributed by atoms with Crippen molar-refractivity contribution in [2.24, 2.45) is 11.8 Å². The molecule has 1 saturated carbocycles. The SMILES string of the molecule is B[C@@H]1O[C@@]2(CC(=O)OCc3ccccc3)CC(F)(F)[C@H]1C2C. The Morgan fingerprint density at radius 2 is 2.09 bits per heavy atom. The topological polar surface area (TPSA) is 35.5 Å². The number of hydrogen-bond acceptors (Lipinski definition) is 3. The molecule has 1 aliphatic carbocycles. The summed E-state index contributed by atoms with van der Waals surface area (Å²) < 4.78 is 39.1. The zero-order chi connectivity index (χ0) is 16.0. The van der Waals surface area contributed by atoms with Crippen LogP contribution >= 0.6 is 0 Å². The fourth-order valence-electron chi connectivity index (χ4n) is 4.01. The first-order valence-electron chi connectivity index (χ1n) is 7.59. The van der Waals surface area contributed by atoms with Gasteiger partial charge in [-0.25, -0.2) is 8.78 Å². The van der Waals surface area contributed by atoms with Gasteiger partial charge in [0.15, 0.2) is 0 Å². The molecule has 2 fully saturated rings. The van der Waals surface area contributed by atoms with Gasteiger partial charge in [0, 0.05) is 18.3 Å². The molecule has 22 heavy (non-hydrogen) atoms. The van der Waals surface area contributed by atoms with Gasteiger partial charge in [-0.2, -0.15) is 0 Å². The van der Waals surface area contributed by atoms with Crippen LogP contribution in [0.1, 0.15) is 25.3 Å². The van der Waals surface area contributed by atoms with Gasteiger partial charge in [-0.1, -0.05) is 37.3 Å². The van der Waals surface area contributed by atoms with Gasteiger partial charge in [-0.3, -0.25) is 4.79 Å². The summed E-state index contributed by atoms with van der Waals surface area (Å²) in [7, 11) is 1.66. The Bertz CT molecular complexity index is 566. The molecule has 1 saturated heterocycles. The molecular weight excluding hydrogens is 289 g/mol. The lowest BCUT2D eigenvalue weighted by atomic mass is 9.80. The Kier molecular flexibility index (Phi) is 3.75. The van der Waals surface area contributed by atoms with Gasteiger partial charge in [0.05, 0.1) is 12.0 Å². The van der Waals surface area contributed by atoms with Crippen molar-refractivity contribution in [2.45, 2.75) is 43.9 Å². The first-order valence-corrected chi connectivity index (χ1v) is 7.59. The average Bonchev–Trinajstić information content (AvgIpc) is 2.78. The summed E-state index contributed by atoms with van der Waals surface area (Å²) in [6.07, 6.45) is -0.506. The summed E-state index contributed by atoms with van der Waals surface area (Å²) in [5, 5.41) is 0. The quantitative estimate of drug-likeness (QED) is 0.631. The molecular formula is C16H19BF2O3. The van der Waals surface area contributed by atoms with E-state index < -0.39 is 35.8 Å². The molecule has 2 aliphatic rings. The normalized spacial score (nSPS) is 35.5. The number of benzene rings is 1. The molecule has 2 bridgehead atoms. The molecule has 0 radical (unpaired) electrons. The van der Waals surface area contributed by atoms with E-state index in [9.17, 15) is 13.6 Å². The van der Waals surface area contributed by atoms with Crippen molar-refractivity contribution < 1.29 is 23.0 Å². The predicted molar refractivity (Wildman–Crippen MR) is 79.2 cm³/mol. The van der Waals surface area contributed by atoms with Crippen LogP contribution in [-0.4, -0.2) is 31.3 Å². The predicted octanol–water partition coefficient (Wildman–Crippen LogP) is 2.14. The first-order chi connectivity index (χ1) is 10.3. The lowest BCUT2D eigenvalue weighted by Gasteiger charge is -2.33. The summed E-state index contributed by atoms with van der Waals surface area (Å²) in [6, 6.07) is 8.76. The number of rotatable bonds is 4. The molecule has 0 N–H and O–H groups in total. The molecule has 1 aromatic carbocycles. The lowest BCUT2D eigenvalue weighted by molar-refractivity contribution is -0.167. The van der Waals surface area contributed by atoms with Gasteiger partial charge in [0.2, 0.25) is 0 Å². The van der Waals surface area contributed by atoms with E-state index >= 15 is 0 Å². The number of fused-ring (bicyclic) bond motifs is 2. The first kappa shape index (κ1) is 15.5. The molecule has 0 aromatic heterocycles. The van der Waals surface area contributed by atoms with E-state index in [1.165, 1.54) is 0 Å². The minimum atomic E-state index is -2.77. The Morgan fingerprint density at radius 1 is 1.41 bits per heavy atom. The van der Waals surface area contributed by atoms with Crippen molar-refractivity contribution in [3.05, 3.63) is 35.9 Å². The summed E-state index contributed by atoms with van der Waals surface area (Å²) in [5.74, 6) is -4.41. The smallest absolute Gasteiger partial charge is 0.309 e. The molecule has 1 aromatic rings. The number of hydrogen-bond donors (Lipinski definition) is 0. The van der Waals surface area contributed by atoms with E-state index in [0.717, 1.165) is 5.56 Å². The minimum Gasteiger partial charge on any atom is -0.461 e. The second kappa shape index (κ2) is 5.34. The van der Waals surface area contributed by atoms with Gasteiger partial charge in [0.25, 0.3) is 5.92 Å². The highest BCUT2D eigenvalue weighted by Gasteiger charge is 2.69. The van der Waals surface area contributed by atoms with Crippen LogP contribution in [-0.2, 0) is 20.9 Å². The molecule has 1 aliphatic heterocycles. The Labute approximate surface area is 129 Å². The second-order valence-electron chi connectivity index (χ2n) is 6.46. The molecule has 0 spiro atoms. The highest BCUT2D eigenvalue weighted by atomic mass is 19.3. The van der Waals surface area contributed by atoms with Crippen LogP contribution < -0.4 is 0 Å². The Hall–Kier alpha value is -1.43. The maximum absolute atomic E-state index is 14.1. The van der Waals surface area contributed by atoms with Gasteiger partial charge in [0.1, 0.15) is 14.5 Å². The maximum atomic E-state index is 14.1. The number of esters is 1. The Balaban J connectivity index is 1.64. The highest BCUT2D eigenvalue weighted by Crippen LogP contribution is 2.60. The van der Waals surface area contributed by atoms with E-state index in [-0.39, 0.29) is 18.9 Å². The fourth-order valence-corrected chi connectivity index (χ4v) is 4.01. The lowest BCUT2D eigenvalue weighted by Crippen LogP contribution is -2.43. The van der Waals surface area contributed by atoms with Gasteiger partial charge in [-0.15, -0.1) is 0 Å². The summed E-state index contributed by atoms with van der Waals surface area (Å²) >= 11 is 0. The van der Waals surface area contributed by atoms with E-state index in [1.807, 2.05) is 30.3 Å². The second-order valence-corrected chi connectivity index (χ2v) is 6.46. The molecule has 3 rings (SSSR count). The maximum Gasteiger partial charge on any atom is 0.309 e. The zero-order valence-corrected chi connectivity index (χ0v) is 12.7. The molecule has 3 nitrogen and oxygen atoms in total. The van der Waals surface area contributed by atoms with Crippen LogP contribution in [0.5, 0.6) is 0 Å². The van der Waals surface area contributed by atoms with Gasteiger partial charge in [-0.05, 0) is 11.5 Å². The van der Waals surface area contributed by atoms with Crippen molar-refractivity contribution in [1.82, 2.24) is 0 Å². The number of carbonyl (C=O) groups is 1. The molecule has 4 atom stereocenters. The molecule has 1 unspecified atom stereocenters. The van der Waals surface area contributed by atoms with Crippen molar-refractivity contribution in [1.29, 1.82) is 0 Å². The third-order valence-electron chi connectivity index (χ3n) is 5.00. The number of alkyl halides is 2. The van der Waals surface area contributed by atoms with E-state index in [4.69, 9.17) is 9.47 Å². The van der Waals surface area contributed by atoms with Crippen LogP contribution in [0.4, 0.5) is 8.78 Å². The van der Waals surface area contributed by atoms with E-state index in [0.29, 0.717) is 0 Å². The zero-order valence-electron chi connectivity index (χ0n) is 12.7. The van der Waals surface area contributed by atoms with Crippen molar-refractivity contribution in [3.63, 3.8) is 0 Å². The largest absolute Gasteiger partial charge is 0.461 e. The molecule has 0 amide bonds.